The van der Waals surface area contributed by atoms with Gasteiger partial charge in [0.15, 0.2) is 11.0 Å². The third-order valence-electron chi connectivity index (χ3n) is 4.27. The fraction of sp³-hybridized carbons (Fsp3) is 0.250. The largest absolute Gasteiger partial charge is 0.497 e. The molecular formula is C20H20F3N5O2S. The number of thioether (sulfide) groups is 1. The summed E-state index contributed by atoms with van der Waals surface area (Å²) in [6.45, 7) is 0.423. The number of hydrogen-bond acceptors (Lipinski definition) is 6. The summed E-state index contributed by atoms with van der Waals surface area (Å²) in [6, 6.07) is 11.9. The molecule has 0 saturated heterocycles. The zero-order valence-corrected chi connectivity index (χ0v) is 17.5. The number of anilines is 2. The number of ether oxygens (including phenoxy) is 1. The summed E-state index contributed by atoms with van der Waals surface area (Å²) in [4.78, 5) is 12.1. The highest BCUT2D eigenvalue weighted by atomic mass is 32.2. The van der Waals surface area contributed by atoms with E-state index in [0.29, 0.717) is 17.5 Å². The first-order valence-corrected chi connectivity index (χ1v) is 10.1. The molecule has 1 heterocycles. The predicted octanol–water partition coefficient (Wildman–Crippen LogP) is 4.19. The van der Waals surface area contributed by atoms with Crippen molar-refractivity contribution in [3.05, 3.63) is 59.9 Å². The number of halogens is 3. The third-order valence-corrected chi connectivity index (χ3v) is 5.29. The van der Waals surface area contributed by atoms with Crippen molar-refractivity contribution in [3.8, 4) is 5.75 Å². The van der Waals surface area contributed by atoms with Crippen molar-refractivity contribution in [2.24, 2.45) is 7.05 Å². The van der Waals surface area contributed by atoms with Crippen LogP contribution in [-0.4, -0.2) is 33.5 Å². The number of alkyl halides is 3. The van der Waals surface area contributed by atoms with E-state index < -0.39 is 17.6 Å². The first-order valence-electron chi connectivity index (χ1n) is 9.12. The van der Waals surface area contributed by atoms with E-state index in [0.717, 1.165) is 35.3 Å². The minimum absolute atomic E-state index is 0.0197. The van der Waals surface area contributed by atoms with Crippen molar-refractivity contribution in [2.45, 2.75) is 17.9 Å². The molecule has 164 valence electrons. The van der Waals surface area contributed by atoms with Crippen molar-refractivity contribution in [3.63, 3.8) is 0 Å². The molecule has 0 aliphatic heterocycles. The van der Waals surface area contributed by atoms with E-state index in [1.54, 1.807) is 18.7 Å². The number of rotatable bonds is 8. The van der Waals surface area contributed by atoms with Crippen molar-refractivity contribution >= 4 is 29.0 Å². The van der Waals surface area contributed by atoms with Crippen LogP contribution in [0.1, 0.15) is 11.4 Å². The minimum Gasteiger partial charge on any atom is -0.497 e. The number of nitrogens with one attached hydrogen (secondary N) is 2. The number of amides is 1. The van der Waals surface area contributed by atoms with Crippen LogP contribution in [0.3, 0.4) is 0 Å². The monoisotopic (exact) mass is 451 g/mol. The number of methoxy groups -OCH3 is 1. The summed E-state index contributed by atoms with van der Waals surface area (Å²) in [7, 11) is 3.37. The van der Waals surface area contributed by atoms with Crippen molar-refractivity contribution in [1.29, 1.82) is 0 Å². The molecule has 1 amide bonds. The van der Waals surface area contributed by atoms with Crippen LogP contribution in [0.25, 0.3) is 0 Å². The summed E-state index contributed by atoms with van der Waals surface area (Å²) in [5.74, 6) is 0.960. The van der Waals surface area contributed by atoms with Crippen LogP contribution in [0.15, 0.2) is 53.7 Å². The highest BCUT2D eigenvalue weighted by Gasteiger charge is 2.30. The molecule has 0 unspecified atom stereocenters. The molecule has 3 aromatic rings. The molecule has 2 aromatic carbocycles. The first-order chi connectivity index (χ1) is 14.8. The second kappa shape index (κ2) is 9.73. The van der Waals surface area contributed by atoms with Crippen LogP contribution in [0.4, 0.5) is 24.5 Å². The maximum Gasteiger partial charge on any atom is 0.416 e. The van der Waals surface area contributed by atoms with Crippen LogP contribution in [-0.2, 0) is 24.6 Å². The van der Waals surface area contributed by atoms with Gasteiger partial charge in [0.1, 0.15) is 5.75 Å². The second-order valence-electron chi connectivity index (χ2n) is 6.46. The van der Waals surface area contributed by atoms with Gasteiger partial charge in [-0.2, -0.15) is 13.2 Å². The van der Waals surface area contributed by atoms with E-state index in [1.807, 2.05) is 24.3 Å². The summed E-state index contributed by atoms with van der Waals surface area (Å²) in [5, 5.41) is 14.4. The summed E-state index contributed by atoms with van der Waals surface area (Å²) in [6.07, 6.45) is -4.47. The number of carbonyl (C=O) groups is 1. The van der Waals surface area contributed by atoms with Gasteiger partial charge in [0.05, 0.1) is 25.0 Å². The lowest BCUT2D eigenvalue weighted by Gasteiger charge is -2.10. The summed E-state index contributed by atoms with van der Waals surface area (Å²) in [5.41, 5.74) is 0.154. The minimum atomic E-state index is -4.47. The quantitative estimate of drug-likeness (QED) is 0.500. The predicted molar refractivity (Wildman–Crippen MR) is 112 cm³/mol. The Bertz CT molecular complexity index is 1040. The number of aromatic nitrogens is 3. The van der Waals surface area contributed by atoms with Gasteiger partial charge in [-0.3, -0.25) is 4.79 Å². The molecule has 0 saturated carbocycles. The number of hydrogen-bond donors (Lipinski definition) is 2. The average molecular weight is 451 g/mol. The Hall–Kier alpha value is -3.21. The van der Waals surface area contributed by atoms with Crippen LogP contribution >= 0.6 is 11.8 Å². The second-order valence-corrected chi connectivity index (χ2v) is 7.40. The van der Waals surface area contributed by atoms with Crippen LogP contribution < -0.4 is 15.4 Å². The highest BCUT2D eigenvalue weighted by Crippen LogP contribution is 2.30. The molecule has 2 N–H and O–H groups in total. The topological polar surface area (TPSA) is 81.1 Å². The van der Waals surface area contributed by atoms with Gasteiger partial charge in [0.25, 0.3) is 0 Å². The Kier molecular flexibility index (Phi) is 7.06. The maximum atomic E-state index is 12.8. The van der Waals surface area contributed by atoms with Gasteiger partial charge >= 0.3 is 6.18 Å². The van der Waals surface area contributed by atoms with E-state index in [9.17, 15) is 18.0 Å². The molecule has 0 aliphatic carbocycles. The zero-order chi connectivity index (χ0) is 22.4. The molecule has 0 atom stereocenters. The smallest absolute Gasteiger partial charge is 0.416 e. The molecular weight excluding hydrogens is 431 g/mol. The summed E-state index contributed by atoms with van der Waals surface area (Å²) >= 11 is 1.14. The van der Waals surface area contributed by atoms with E-state index in [1.165, 1.54) is 12.1 Å². The lowest BCUT2D eigenvalue weighted by molar-refractivity contribution is -0.137. The molecule has 0 fully saturated rings. The number of benzene rings is 2. The van der Waals surface area contributed by atoms with Gasteiger partial charge in [-0.15, -0.1) is 10.2 Å². The molecule has 31 heavy (non-hydrogen) atoms. The normalized spacial score (nSPS) is 11.3. The van der Waals surface area contributed by atoms with Crippen molar-refractivity contribution in [1.82, 2.24) is 14.8 Å². The Labute approximate surface area is 181 Å². The van der Waals surface area contributed by atoms with Gasteiger partial charge in [0.2, 0.25) is 5.91 Å². The molecule has 3 rings (SSSR count). The molecule has 0 aliphatic rings. The first kappa shape index (κ1) is 22.5. The van der Waals surface area contributed by atoms with Crippen LogP contribution in [0.5, 0.6) is 5.75 Å². The van der Waals surface area contributed by atoms with E-state index in [-0.39, 0.29) is 11.4 Å². The van der Waals surface area contributed by atoms with Gasteiger partial charge in [-0.25, -0.2) is 0 Å². The Morgan fingerprint density at radius 1 is 1.13 bits per heavy atom. The van der Waals surface area contributed by atoms with Crippen molar-refractivity contribution in [2.75, 3.05) is 23.5 Å². The van der Waals surface area contributed by atoms with Gasteiger partial charge < -0.3 is 19.9 Å². The number of nitrogens with zero attached hydrogens (tertiary/aromatic N) is 3. The molecule has 1 aromatic heterocycles. The van der Waals surface area contributed by atoms with Gasteiger partial charge in [-0.05, 0) is 42.5 Å². The molecule has 0 spiro atoms. The fourth-order valence-corrected chi connectivity index (χ4v) is 3.35. The number of carbonyl (C=O) groups excluding carboxylic acids is 1. The SMILES string of the molecule is COc1ccc(NCc2nnc(SCC(=O)Nc3cccc(C(F)(F)F)c3)n2C)cc1. The lowest BCUT2D eigenvalue weighted by atomic mass is 10.2. The Morgan fingerprint density at radius 3 is 2.55 bits per heavy atom. The average Bonchev–Trinajstić information content (AvgIpc) is 3.10. The fourth-order valence-electron chi connectivity index (χ4n) is 2.62. The van der Waals surface area contributed by atoms with Gasteiger partial charge in [-0.1, -0.05) is 17.8 Å². The van der Waals surface area contributed by atoms with Crippen LogP contribution in [0.2, 0.25) is 0 Å². The highest BCUT2D eigenvalue weighted by molar-refractivity contribution is 7.99. The molecule has 11 heteroatoms. The van der Waals surface area contributed by atoms with E-state index >= 15 is 0 Å². The summed E-state index contributed by atoms with van der Waals surface area (Å²) < 4.78 is 45.2. The molecule has 0 bridgehead atoms. The van der Waals surface area contributed by atoms with Crippen molar-refractivity contribution < 1.29 is 22.7 Å². The Balaban J connectivity index is 1.53. The van der Waals surface area contributed by atoms with Crippen LogP contribution in [0, 0.1) is 0 Å². The third kappa shape index (κ3) is 6.14. The lowest BCUT2D eigenvalue weighted by Crippen LogP contribution is -2.15. The van der Waals surface area contributed by atoms with E-state index in [4.69, 9.17) is 4.74 Å². The Morgan fingerprint density at radius 2 is 1.87 bits per heavy atom. The molecule has 7 nitrogen and oxygen atoms in total. The zero-order valence-electron chi connectivity index (χ0n) is 16.7. The maximum absolute atomic E-state index is 12.8. The van der Waals surface area contributed by atoms with E-state index in [2.05, 4.69) is 20.8 Å². The standard InChI is InChI=1S/C20H20F3N5O2S/c1-28-17(11-24-14-6-8-16(30-2)9-7-14)26-27-19(28)31-12-18(29)25-15-5-3-4-13(10-15)20(21,22)23/h3-10,24H,11-12H2,1-2H3,(H,25,29). The van der Waals surface area contributed by atoms with Gasteiger partial charge in [0, 0.05) is 18.4 Å². The molecule has 0 radical (unpaired) electrons.